The third-order valence-corrected chi connectivity index (χ3v) is 1.86. The van der Waals surface area contributed by atoms with Crippen molar-refractivity contribution in [3.8, 4) is 0 Å². The number of likely N-dealkylation sites (N-methyl/N-ethyl adjacent to an activating group) is 1. The third-order valence-electron chi connectivity index (χ3n) is 1.86. The fraction of sp³-hybridized carbons (Fsp3) is 0.400. The van der Waals surface area contributed by atoms with Crippen molar-refractivity contribution >= 4 is 0 Å². The second-order valence-corrected chi connectivity index (χ2v) is 3.24. The number of rotatable bonds is 4. The molecule has 14 heavy (non-hydrogen) atoms. The molecule has 1 N–H and O–H groups in total. The molecule has 0 fully saturated rings. The topological polar surface area (TPSA) is 23.5 Å². The Morgan fingerprint density at radius 1 is 1.21 bits per heavy atom. The number of benzene rings is 1. The zero-order valence-corrected chi connectivity index (χ0v) is 8.00. The average Bonchev–Trinajstić information content (AvgIpc) is 2.01. The molecule has 0 aromatic heterocycles. The maximum Gasteiger partial charge on any atom is 0.126 e. The Morgan fingerprint density at radius 3 is 2.29 bits per heavy atom. The van der Waals surface area contributed by atoms with E-state index in [4.69, 9.17) is 5.11 Å². The molecular weight excluding hydrogens is 188 g/mol. The Bertz CT molecular complexity index is 284. The molecule has 0 saturated heterocycles. The van der Waals surface area contributed by atoms with Gasteiger partial charge in [0, 0.05) is 19.2 Å². The standard InChI is InChI=1S/C10H13F2NO/c1-13(2-3-14)7-8-4-9(11)6-10(12)5-8/h4-6,14H,2-3,7H2,1H3. The molecule has 0 radical (unpaired) electrons. The Morgan fingerprint density at radius 2 is 1.79 bits per heavy atom. The van der Waals surface area contributed by atoms with Crippen molar-refractivity contribution < 1.29 is 13.9 Å². The Labute approximate surface area is 81.8 Å². The molecule has 0 saturated carbocycles. The van der Waals surface area contributed by atoms with Gasteiger partial charge in [-0.1, -0.05) is 0 Å². The van der Waals surface area contributed by atoms with Gasteiger partial charge in [-0.25, -0.2) is 8.78 Å². The van der Waals surface area contributed by atoms with Crippen molar-refractivity contribution in [1.29, 1.82) is 0 Å². The number of halogens is 2. The minimum Gasteiger partial charge on any atom is -0.395 e. The third kappa shape index (κ3) is 3.40. The Kier molecular flexibility index (Phi) is 3.98. The Balaban J connectivity index is 2.66. The van der Waals surface area contributed by atoms with Crippen LogP contribution in [0.3, 0.4) is 0 Å². The molecule has 0 unspecified atom stereocenters. The lowest BCUT2D eigenvalue weighted by Gasteiger charge is -2.14. The van der Waals surface area contributed by atoms with Gasteiger partial charge in [0.2, 0.25) is 0 Å². The molecule has 2 nitrogen and oxygen atoms in total. The first-order valence-electron chi connectivity index (χ1n) is 4.36. The first-order valence-corrected chi connectivity index (χ1v) is 4.36. The van der Waals surface area contributed by atoms with Crippen LogP contribution in [-0.2, 0) is 6.54 Å². The van der Waals surface area contributed by atoms with Gasteiger partial charge in [-0.2, -0.15) is 0 Å². The van der Waals surface area contributed by atoms with Crippen molar-refractivity contribution in [2.24, 2.45) is 0 Å². The minimum atomic E-state index is -0.572. The molecule has 0 aliphatic heterocycles. The van der Waals surface area contributed by atoms with E-state index in [-0.39, 0.29) is 6.61 Å². The first kappa shape index (κ1) is 11.1. The molecule has 0 aliphatic carbocycles. The van der Waals surface area contributed by atoms with Crippen molar-refractivity contribution in [1.82, 2.24) is 4.90 Å². The highest BCUT2D eigenvalue weighted by Gasteiger charge is 2.03. The van der Waals surface area contributed by atoms with Crippen LogP contribution in [0, 0.1) is 11.6 Å². The van der Waals surface area contributed by atoms with E-state index in [1.165, 1.54) is 12.1 Å². The number of hydrogen-bond acceptors (Lipinski definition) is 2. The monoisotopic (exact) mass is 201 g/mol. The predicted molar refractivity (Wildman–Crippen MR) is 49.8 cm³/mol. The van der Waals surface area contributed by atoms with Crippen LogP contribution in [0.1, 0.15) is 5.56 Å². The summed E-state index contributed by atoms with van der Waals surface area (Å²) < 4.78 is 25.5. The number of aliphatic hydroxyl groups is 1. The van der Waals surface area contributed by atoms with Crippen molar-refractivity contribution in [3.63, 3.8) is 0 Å². The van der Waals surface area contributed by atoms with Gasteiger partial charge in [0.25, 0.3) is 0 Å². The summed E-state index contributed by atoms with van der Waals surface area (Å²) in [4.78, 5) is 1.79. The van der Waals surface area contributed by atoms with Gasteiger partial charge in [-0.05, 0) is 24.7 Å². The second kappa shape index (κ2) is 5.02. The first-order chi connectivity index (χ1) is 6.61. The summed E-state index contributed by atoms with van der Waals surface area (Å²) in [7, 11) is 1.78. The predicted octanol–water partition coefficient (Wildman–Crippen LogP) is 1.39. The smallest absolute Gasteiger partial charge is 0.126 e. The van der Waals surface area contributed by atoms with Gasteiger partial charge >= 0.3 is 0 Å². The zero-order chi connectivity index (χ0) is 10.6. The number of nitrogens with zero attached hydrogens (tertiary/aromatic N) is 1. The van der Waals surface area contributed by atoms with Crippen molar-refractivity contribution in [2.45, 2.75) is 6.54 Å². The van der Waals surface area contributed by atoms with E-state index in [9.17, 15) is 8.78 Å². The summed E-state index contributed by atoms with van der Waals surface area (Å²) in [5, 5.41) is 8.63. The normalized spacial score (nSPS) is 10.9. The van der Waals surface area contributed by atoms with Gasteiger partial charge in [0.05, 0.1) is 6.61 Å². The van der Waals surface area contributed by atoms with Crippen LogP contribution in [0.2, 0.25) is 0 Å². The fourth-order valence-corrected chi connectivity index (χ4v) is 1.26. The van der Waals surface area contributed by atoms with Crippen LogP contribution in [0.5, 0.6) is 0 Å². The summed E-state index contributed by atoms with van der Waals surface area (Å²) >= 11 is 0. The maximum absolute atomic E-state index is 12.8. The minimum absolute atomic E-state index is 0.0360. The lowest BCUT2D eigenvalue weighted by Crippen LogP contribution is -2.21. The van der Waals surface area contributed by atoms with E-state index in [1.54, 1.807) is 11.9 Å². The van der Waals surface area contributed by atoms with Crippen LogP contribution in [-0.4, -0.2) is 30.2 Å². The molecule has 1 aromatic carbocycles. The summed E-state index contributed by atoms with van der Waals surface area (Å²) in [6, 6.07) is 3.42. The summed E-state index contributed by atoms with van der Waals surface area (Å²) in [5.41, 5.74) is 0.568. The lowest BCUT2D eigenvalue weighted by molar-refractivity contribution is 0.217. The van der Waals surface area contributed by atoms with Crippen LogP contribution in [0.25, 0.3) is 0 Å². The summed E-state index contributed by atoms with van der Waals surface area (Å²) in [5.74, 6) is -1.14. The molecule has 4 heteroatoms. The van der Waals surface area contributed by atoms with Crippen molar-refractivity contribution in [3.05, 3.63) is 35.4 Å². The van der Waals surface area contributed by atoms with Crippen LogP contribution in [0.4, 0.5) is 8.78 Å². The quantitative estimate of drug-likeness (QED) is 0.795. The van der Waals surface area contributed by atoms with Gasteiger partial charge in [-0.3, -0.25) is 4.90 Å². The second-order valence-electron chi connectivity index (χ2n) is 3.24. The van der Waals surface area contributed by atoms with Crippen molar-refractivity contribution in [2.75, 3.05) is 20.2 Å². The molecule has 78 valence electrons. The average molecular weight is 201 g/mol. The largest absolute Gasteiger partial charge is 0.395 e. The van der Waals surface area contributed by atoms with E-state index >= 15 is 0 Å². The molecule has 1 aromatic rings. The van der Waals surface area contributed by atoms with Crippen LogP contribution in [0.15, 0.2) is 18.2 Å². The Hall–Kier alpha value is -1.00. The maximum atomic E-state index is 12.8. The number of aliphatic hydroxyl groups excluding tert-OH is 1. The molecule has 0 aliphatic rings. The molecule has 0 atom stereocenters. The van der Waals surface area contributed by atoms with Gasteiger partial charge in [0.15, 0.2) is 0 Å². The highest BCUT2D eigenvalue weighted by molar-refractivity contribution is 5.17. The van der Waals surface area contributed by atoms with Gasteiger partial charge in [-0.15, -0.1) is 0 Å². The fourth-order valence-electron chi connectivity index (χ4n) is 1.26. The molecular formula is C10H13F2NO. The van der Waals surface area contributed by atoms with E-state index in [0.29, 0.717) is 18.7 Å². The van der Waals surface area contributed by atoms with E-state index in [1.807, 2.05) is 0 Å². The highest BCUT2D eigenvalue weighted by atomic mass is 19.1. The molecule has 0 spiro atoms. The summed E-state index contributed by atoms with van der Waals surface area (Å²) in [6.07, 6.45) is 0. The van der Waals surface area contributed by atoms with Gasteiger partial charge in [0.1, 0.15) is 11.6 Å². The SMILES string of the molecule is CN(CCO)Cc1cc(F)cc(F)c1. The van der Waals surface area contributed by atoms with E-state index in [2.05, 4.69) is 0 Å². The molecule has 1 rings (SSSR count). The summed E-state index contributed by atoms with van der Waals surface area (Å²) in [6.45, 7) is 0.946. The zero-order valence-electron chi connectivity index (χ0n) is 8.00. The molecule has 0 amide bonds. The van der Waals surface area contributed by atoms with E-state index in [0.717, 1.165) is 6.07 Å². The van der Waals surface area contributed by atoms with Crippen LogP contribution >= 0.6 is 0 Å². The number of hydrogen-bond donors (Lipinski definition) is 1. The van der Waals surface area contributed by atoms with E-state index < -0.39 is 11.6 Å². The molecule has 0 bridgehead atoms. The molecule has 0 heterocycles. The van der Waals surface area contributed by atoms with Gasteiger partial charge < -0.3 is 5.11 Å². The van der Waals surface area contributed by atoms with Crippen LogP contribution < -0.4 is 0 Å². The lowest BCUT2D eigenvalue weighted by atomic mass is 10.2. The highest BCUT2D eigenvalue weighted by Crippen LogP contribution is 2.09.